The Morgan fingerprint density at radius 1 is 1.03 bits per heavy atom. The first-order chi connectivity index (χ1) is 15.9. The first-order valence-electron chi connectivity index (χ1n) is 9.91. The summed E-state index contributed by atoms with van der Waals surface area (Å²) in [6.07, 6.45) is 1.54. The summed E-state index contributed by atoms with van der Waals surface area (Å²) in [5.74, 6) is 1.33. The van der Waals surface area contributed by atoms with Gasteiger partial charge < -0.3 is 14.2 Å². The molecule has 0 aliphatic heterocycles. The molecule has 0 aliphatic rings. The first-order valence-corrected chi connectivity index (χ1v) is 11.5. The van der Waals surface area contributed by atoms with E-state index >= 15 is 0 Å². The highest BCUT2D eigenvalue weighted by Gasteiger charge is 2.11. The van der Waals surface area contributed by atoms with Crippen molar-refractivity contribution in [1.29, 1.82) is 0 Å². The van der Waals surface area contributed by atoms with E-state index < -0.39 is 0 Å². The number of amides is 1. The van der Waals surface area contributed by atoms with Gasteiger partial charge in [-0.15, -0.1) is 0 Å². The first kappa shape index (κ1) is 24.9. The number of carbonyl (C=O) groups is 1. The van der Waals surface area contributed by atoms with Crippen molar-refractivity contribution in [3.63, 3.8) is 0 Å². The molecule has 1 N–H and O–H groups in total. The van der Waals surface area contributed by atoms with E-state index in [4.69, 9.17) is 37.4 Å². The van der Waals surface area contributed by atoms with Crippen LogP contribution in [0.5, 0.6) is 17.2 Å². The highest BCUT2D eigenvalue weighted by molar-refractivity contribution is 9.10. The third-order valence-electron chi connectivity index (χ3n) is 4.46. The largest absolute Gasteiger partial charge is 0.493 e. The van der Waals surface area contributed by atoms with Gasteiger partial charge in [0.25, 0.3) is 5.91 Å². The van der Waals surface area contributed by atoms with Gasteiger partial charge in [0, 0.05) is 21.2 Å². The molecular formula is C24H21BrCl2N2O4. The van der Waals surface area contributed by atoms with Crippen LogP contribution in [0.1, 0.15) is 28.4 Å². The predicted octanol–water partition coefficient (Wildman–Crippen LogP) is 6.51. The number of hydrogen-bond acceptors (Lipinski definition) is 5. The highest BCUT2D eigenvalue weighted by atomic mass is 79.9. The fraction of sp³-hybridized carbons (Fsp3) is 0.167. The van der Waals surface area contributed by atoms with Crippen molar-refractivity contribution in [2.45, 2.75) is 13.5 Å². The molecule has 9 heteroatoms. The normalized spacial score (nSPS) is 10.8. The summed E-state index contributed by atoms with van der Waals surface area (Å²) in [5, 5.41) is 5.14. The zero-order valence-corrected chi connectivity index (χ0v) is 21.0. The Morgan fingerprint density at radius 3 is 2.52 bits per heavy atom. The molecule has 3 aromatic carbocycles. The van der Waals surface area contributed by atoms with Crippen LogP contribution >= 0.6 is 39.1 Å². The molecule has 0 spiro atoms. The number of carbonyl (C=O) groups excluding carboxylic acids is 1. The average molecular weight is 552 g/mol. The number of nitrogens with one attached hydrogen (secondary N) is 1. The van der Waals surface area contributed by atoms with Crippen molar-refractivity contribution in [3.05, 3.63) is 85.8 Å². The van der Waals surface area contributed by atoms with Crippen LogP contribution in [0.4, 0.5) is 0 Å². The SMILES string of the molecule is CCOc1ccc(C(=O)N/N=C/c2ccc(OCc3ccc(Cl)cc3Cl)c(Br)c2)cc1OC. The van der Waals surface area contributed by atoms with Gasteiger partial charge in [0.2, 0.25) is 0 Å². The number of methoxy groups -OCH3 is 1. The maximum Gasteiger partial charge on any atom is 0.271 e. The topological polar surface area (TPSA) is 69.2 Å². The summed E-state index contributed by atoms with van der Waals surface area (Å²) < 4.78 is 17.3. The van der Waals surface area contributed by atoms with Crippen LogP contribution in [0.15, 0.2) is 64.2 Å². The maximum absolute atomic E-state index is 12.4. The van der Waals surface area contributed by atoms with Gasteiger partial charge >= 0.3 is 0 Å². The summed E-state index contributed by atoms with van der Waals surface area (Å²) in [6, 6.07) is 15.6. The van der Waals surface area contributed by atoms with Crippen LogP contribution < -0.4 is 19.6 Å². The maximum atomic E-state index is 12.4. The lowest BCUT2D eigenvalue weighted by molar-refractivity contribution is 0.0954. The minimum absolute atomic E-state index is 0.295. The highest BCUT2D eigenvalue weighted by Crippen LogP contribution is 2.29. The lowest BCUT2D eigenvalue weighted by atomic mass is 10.2. The van der Waals surface area contributed by atoms with Gasteiger partial charge in [-0.05, 0) is 76.9 Å². The van der Waals surface area contributed by atoms with Crippen molar-refractivity contribution >= 4 is 51.3 Å². The van der Waals surface area contributed by atoms with Crippen molar-refractivity contribution in [1.82, 2.24) is 5.43 Å². The lowest BCUT2D eigenvalue weighted by Gasteiger charge is -2.10. The Balaban J connectivity index is 1.60. The Hall–Kier alpha value is -2.74. The minimum atomic E-state index is -0.369. The molecule has 6 nitrogen and oxygen atoms in total. The molecule has 0 aliphatic carbocycles. The standard InChI is InChI=1S/C24H21BrCl2N2O4/c1-3-32-22-9-6-16(11-23(22)31-2)24(30)29-28-13-15-4-8-21(19(25)10-15)33-14-17-5-7-18(26)12-20(17)27/h4-13H,3,14H2,1-2H3,(H,29,30)/b28-13+. The molecule has 0 radical (unpaired) electrons. The Labute approximate surface area is 210 Å². The summed E-state index contributed by atoms with van der Waals surface area (Å²) in [7, 11) is 1.52. The van der Waals surface area contributed by atoms with Gasteiger partial charge in [-0.2, -0.15) is 5.10 Å². The second kappa shape index (κ2) is 11.9. The molecule has 172 valence electrons. The zero-order valence-electron chi connectivity index (χ0n) is 17.9. The molecule has 1 amide bonds. The van der Waals surface area contributed by atoms with Crippen molar-refractivity contribution in [2.24, 2.45) is 5.10 Å². The molecule has 3 aromatic rings. The van der Waals surface area contributed by atoms with Gasteiger partial charge in [0.1, 0.15) is 12.4 Å². The van der Waals surface area contributed by atoms with Crippen LogP contribution in [-0.4, -0.2) is 25.8 Å². The van der Waals surface area contributed by atoms with Crippen LogP contribution in [0.2, 0.25) is 10.0 Å². The summed E-state index contributed by atoms with van der Waals surface area (Å²) in [4.78, 5) is 12.4. The lowest BCUT2D eigenvalue weighted by Crippen LogP contribution is -2.17. The van der Waals surface area contributed by atoms with E-state index in [0.29, 0.717) is 46.1 Å². The second-order valence-electron chi connectivity index (χ2n) is 6.71. The number of rotatable bonds is 9. The van der Waals surface area contributed by atoms with Gasteiger partial charge in [0.15, 0.2) is 11.5 Å². The van der Waals surface area contributed by atoms with Crippen molar-refractivity contribution in [3.8, 4) is 17.2 Å². The molecule has 0 saturated heterocycles. The fourth-order valence-electron chi connectivity index (χ4n) is 2.82. The minimum Gasteiger partial charge on any atom is -0.493 e. The molecule has 3 rings (SSSR count). The molecule has 33 heavy (non-hydrogen) atoms. The smallest absolute Gasteiger partial charge is 0.271 e. The second-order valence-corrected chi connectivity index (χ2v) is 8.41. The van der Waals surface area contributed by atoms with Crippen molar-refractivity contribution in [2.75, 3.05) is 13.7 Å². The van der Waals surface area contributed by atoms with E-state index in [9.17, 15) is 4.79 Å². The molecule has 0 unspecified atom stereocenters. The zero-order chi connectivity index (χ0) is 23.8. The predicted molar refractivity (Wildman–Crippen MR) is 134 cm³/mol. The number of ether oxygens (including phenoxy) is 3. The Morgan fingerprint density at radius 2 is 1.82 bits per heavy atom. The molecule has 0 atom stereocenters. The van der Waals surface area contributed by atoms with Crippen LogP contribution in [0.25, 0.3) is 0 Å². The molecule has 0 heterocycles. The van der Waals surface area contributed by atoms with E-state index in [1.165, 1.54) is 13.3 Å². The van der Waals surface area contributed by atoms with Crippen LogP contribution in [0.3, 0.4) is 0 Å². The van der Waals surface area contributed by atoms with E-state index in [1.807, 2.05) is 25.1 Å². The van der Waals surface area contributed by atoms with Gasteiger partial charge in [-0.3, -0.25) is 4.79 Å². The molecular weight excluding hydrogens is 531 g/mol. The van der Waals surface area contributed by atoms with Crippen LogP contribution in [0, 0.1) is 0 Å². The molecule has 0 fully saturated rings. The van der Waals surface area contributed by atoms with Crippen LogP contribution in [-0.2, 0) is 6.61 Å². The Kier molecular flexibility index (Phi) is 9.00. The molecule has 0 bridgehead atoms. The van der Waals surface area contributed by atoms with E-state index in [1.54, 1.807) is 36.4 Å². The van der Waals surface area contributed by atoms with E-state index in [0.717, 1.165) is 15.6 Å². The third-order valence-corrected chi connectivity index (χ3v) is 5.67. The number of hydrazone groups is 1. The molecule has 0 saturated carbocycles. The number of benzene rings is 3. The van der Waals surface area contributed by atoms with Gasteiger partial charge in [-0.25, -0.2) is 5.43 Å². The summed E-state index contributed by atoms with van der Waals surface area (Å²) in [6.45, 7) is 2.67. The third kappa shape index (κ3) is 6.87. The van der Waals surface area contributed by atoms with Gasteiger partial charge in [0.05, 0.1) is 24.4 Å². The fourth-order valence-corrected chi connectivity index (χ4v) is 3.80. The van der Waals surface area contributed by atoms with E-state index in [-0.39, 0.29) is 5.91 Å². The monoisotopic (exact) mass is 550 g/mol. The van der Waals surface area contributed by atoms with Gasteiger partial charge in [-0.1, -0.05) is 29.3 Å². The number of halogens is 3. The van der Waals surface area contributed by atoms with E-state index in [2.05, 4.69) is 26.5 Å². The number of hydrogen-bond donors (Lipinski definition) is 1. The summed E-state index contributed by atoms with van der Waals surface area (Å²) >= 11 is 15.6. The Bertz CT molecular complexity index is 1170. The summed E-state index contributed by atoms with van der Waals surface area (Å²) in [5.41, 5.74) is 4.50. The number of nitrogens with zero attached hydrogens (tertiary/aromatic N) is 1. The van der Waals surface area contributed by atoms with Crippen molar-refractivity contribution < 1.29 is 19.0 Å². The average Bonchev–Trinajstić information content (AvgIpc) is 2.80. The molecule has 0 aromatic heterocycles. The quantitative estimate of drug-likeness (QED) is 0.243.